The molecule has 1 heterocycles. The van der Waals surface area contributed by atoms with Crippen LogP contribution in [-0.2, 0) is 0 Å². The highest BCUT2D eigenvalue weighted by Gasteiger charge is 2.35. The number of methoxy groups -OCH3 is 2. The minimum atomic E-state index is -1.01. The van der Waals surface area contributed by atoms with Crippen molar-refractivity contribution in [1.29, 1.82) is 0 Å². The molecule has 7 heteroatoms. The van der Waals surface area contributed by atoms with Gasteiger partial charge in [-0.15, -0.1) is 0 Å². The Labute approximate surface area is 173 Å². The van der Waals surface area contributed by atoms with Crippen LogP contribution in [0, 0.1) is 0 Å². The summed E-state index contributed by atoms with van der Waals surface area (Å²) in [5.74, 6) is -0.111. The molecule has 0 radical (unpaired) electrons. The van der Waals surface area contributed by atoms with Crippen LogP contribution in [0.5, 0.6) is 11.5 Å². The number of anilines is 2. The predicted molar refractivity (Wildman–Crippen MR) is 113 cm³/mol. The second-order valence-corrected chi connectivity index (χ2v) is 6.73. The number of aromatic carboxylic acids is 1. The third-order valence-corrected chi connectivity index (χ3v) is 5.05. The van der Waals surface area contributed by atoms with E-state index in [9.17, 15) is 14.7 Å². The zero-order valence-corrected chi connectivity index (χ0v) is 16.5. The van der Waals surface area contributed by atoms with Crippen LogP contribution < -0.4 is 19.7 Å². The van der Waals surface area contributed by atoms with Crippen LogP contribution in [0.1, 0.15) is 32.4 Å². The fourth-order valence-corrected chi connectivity index (χ4v) is 3.53. The van der Waals surface area contributed by atoms with Crippen molar-refractivity contribution in [2.75, 3.05) is 24.4 Å². The van der Waals surface area contributed by atoms with E-state index in [1.807, 2.05) is 18.2 Å². The van der Waals surface area contributed by atoms with Gasteiger partial charge in [0.25, 0.3) is 5.91 Å². The summed E-state index contributed by atoms with van der Waals surface area (Å²) in [5, 5.41) is 12.6. The molecule has 152 valence electrons. The van der Waals surface area contributed by atoms with Crippen molar-refractivity contribution < 1.29 is 24.2 Å². The monoisotopic (exact) mass is 404 g/mol. The van der Waals surface area contributed by atoms with E-state index in [1.165, 1.54) is 19.2 Å². The fourth-order valence-electron chi connectivity index (χ4n) is 3.53. The minimum absolute atomic E-state index is 0.176. The number of carboxylic acid groups (broad SMARTS) is 1. The van der Waals surface area contributed by atoms with Gasteiger partial charge < -0.3 is 19.9 Å². The van der Waals surface area contributed by atoms with Crippen molar-refractivity contribution >= 4 is 23.3 Å². The SMILES string of the molecule is COc1ccc(N2C(=O)c3ccccc3NC2c2ccc(C(=O)O)cc2)c(OC)c1. The maximum Gasteiger partial charge on any atom is 0.335 e. The number of carbonyl (C=O) groups excluding carboxylic acids is 1. The number of carboxylic acids is 1. The molecule has 0 bridgehead atoms. The van der Waals surface area contributed by atoms with Gasteiger partial charge in [0.2, 0.25) is 0 Å². The van der Waals surface area contributed by atoms with Gasteiger partial charge in [0.1, 0.15) is 17.7 Å². The Morgan fingerprint density at radius 3 is 2.40 bits per heavy atom. The van der Waals surface area contributed by atoms with E-state index in [-0.39, 0.29) is 11.5 Å². The summed E-state index contributed by atoms with van der Waals surface area (Å²) < 4.78 is 10.8. The van der Waals surface area contributed by atoms with Crippen LogP contribution in [0.4, 0.5) is 11.4 Å². The lowest BCUT2D eigenvalue weighted by Gasteiger charge is -2.38. The van der Waals surface area contributed by atoms with Crippen molar-refractivity contribution in [3.05, 3.63) is 83.4 Å². The molecular formula is C23H20N2O5. The molecule has 3 aromatic rings. The van der Waals surface area contributed by atoms with Crippen LogP contribution in [-0.4, -0.2) is 31.2 Å². The molecule has 1 unspecified atom stereocenters. The summed E-state index contributed by atoms with van der Waals surface area (Å²) >= 11 is 0. The molecule has 1 atom stereocenters. The zero-order valence-electron chi connectivity index (χ0n) is 16.5. The molecule has 0 saturated heterocycles. The van der Waals surface area contributed by atoms with E-state index in [0.717, 1.165) is 5.56 Å². The van der Waals surface area contributed by atoms with Gasteiger partial charge in [-0.3, -0.25) is 9.69 Å². The highest BCUT2D eigenvalue weighted by Crippen LogP contribution is 2.41. The molecule has 0 spiro atoms. The second kappa shape index (κ2) is 7.79. The third kappa shape index (κ3) is 3.30. The van der Waals surface area contributed by atoms with Crippen molar-refractivity contribution in [3.63, 3.8) is 0 Å². The maximum atomic E-state index is 13.5. The molecule has 0 aliphatic carbocycles. The van der Waals surface area contributed by atoms with Gasteiger partial charge in [-0.1, -0.05) is 24.3 Å². The molecule has 1 aliphatic heterocycles. The first-order chi connectivity index (χ1) is 14.5. The molecule has 0 fully saturated rings. The third-order valence-electron chi connectivity index (χ3n) is 5.05. The minimum Gasteiger partial charge on any atom is -0.497 e. The Kier molecular flexibility index (Phi) is 5.02. The number of nitrogens with one attached hydrogen (secondary N) is 1. The normalized spacial score (nSPS) is 15.2. The number of fused-ring (bicyclic) bond motifs is 1. The maximum absolute atomic E-state index is 13.5. The van der Waals surface area contributed by atoms with E-state index in [1.54, 1.807) is 48.4 Å². The van der Waals surface area contributed by atoms with Crippen molar-refractivity contribution in [2.24, 2.45) is 0 Å². The number of rotatable bonds is 5. The van der Waals surface area contributed by atoms with Gasteiger partial charge >= 0.3 is 5.97 Å². The fraction of sp³-hybridized carbons (Fsp3) is 0.130. The summed E-state index contributed by atoms with van der Waals surface area (Å²) in [5.41, 5.74) is 2.72. The average molecular weight is 404 g/mol. The van der Waals surface area contributed by atoms with E-state index in [4.69, 9.17) is 9.47 Å². The summed E-state index contributed by atoms with van der Waals surface area (Å²) in [7, 11) is 3.09. The lowest BCUT2D eigenvalue weighted by Crippen LogP contribution is -2.43. The number of para-hydroxylation sites is 1. The van der Waals surface area contributed by atoms with Crippen LogP contribution >= 0.6 is 0 Å². The number of hydrogen-bond donors (Lipinski definition) is 2. The molecule has 4 rings (SSSR count). The smallest absolute Gasteiger partial charge is 0.335 e. The topological polar surface area (TPSA) is 88.1 Å². The molecule has 1 amide bonds. The zero-order chi connectivity index (χ0) is 21.3. The molecule has 30 heavy (non-hydrogen) atoms. The molecule has 7 nitrogen and oxygen atoms in total. The predicted octanol–water partition coefficient (Wildman–Crippen LogP) is 4.17. The van der Waals surface area contributed by atoms with Crippen LogP contribution in [0.3, 0.4) is 0 Å². The van der Waals surface area contributed by atoms with Crippen molar-refractivity contribution in [1.82, 2.24) is 0 Å². The van der Waals surface area contributed by atoms with Crippen LogP contribution in [0.2, 0.25) is 0 Å². The van der Waals surface area contributed by atoms with Gasteiger partial charge in [-0.05, 0) is 42.0 Å². The molecule has 0 aromatic heterocycles. The Morgan fingerprint density at radius 2 is 1.73 bits per heavy atom. The number of benzene rings is 3. The van der Waals surface area contributed by atoms with E-state index >= 15 is 0 Å². The summed E-state index contributed by atoms with van der Waals surface area (Å²) in [4.78, 5) is 26.3. The largest absolute Gasteiger partial charge is 0.497 e. The lowest BCUT2D eigenvalue weighted by atomic mass is 10.0. The molecule has 2 N–H and O–H groups in total. The van der Waals surface area contributed by atoms with Crippen LogP contribution in [0.25, 0.3) is 0 Å². The van der Waals surface area contributed by atoms with E-state index < -0.39 is 12.1 Å². The summed E-state index contributed by atoms with van der Waals surface area (Å²) in [6.07, 6.45) is -0.558. The number of carbonyl (C=O) groups is 2. The molecular weight excluding hydrogens is 384 g/mol. The Balaban J connectivity index is 1.86. The lowest BCUT2D eigenvalue weighted by molar-refractivity contribution is 0.0696. The van der Waals surface area contributed by atoms with Gasteiger partial charge in [0, 0.05) is 11.8 Å². The standard InChI is InChI=1S/C23H20N2O5/c1-29-16-11-12-19(20(13-16)30-2)25-21(14-7-9-15(10-8-14)23(27)28)24-18-6-4-3-5-17(18)22(25)26/h3-13,21,24H,1-2H3,(H,27,28). The van der Waals surface area contributed by atoms with E-state index in [0.29, 0.717) is 28.4 Å². The molecule has 0 saturated carbocycles. The highest BCUT2D eigenvalue weighted by atomic mass is 16.5. The summed E-state index contributed by atoms with van der Waals surface area (Å²) in [6, 6.07) is 19.0. The first-order valence-electron chi connectivity index (χ1n) is 9.28. The highest BCUT2D eigenvalue weighted by molar-refractivity contribution is 6.12. The van der Waals surface area contributed by atoms with Crippen molar-refractivity contribution in [2.45, 2.75) is 6.17 Å². The van der Waals surface area contributed by atoms with Gasteiger partial charge in [0.05, 0.1) is 31.0 Å². The number of nitrogens with zero attached hydrogens (tertiary/aromatic N) is 1. The second-order valence-electron chi connectivity index (χ2n) is 6.73. The van der Waals surface area contributed by atoms with Gasteiger partial charge in [-0.2, -0.15) is 0 Å². The molecule has 1 aliphatic rings. The number of hydrogen-bond acceptors (Lipinski definition) is 5. The summed E-state index contributed by atoms with van der Waals surface area (Å²) in [6.45, 7) is 0. The van der Waals surface area contributed by atoms with Crippen LogP contribution in [0.15, 0.2) is 66.7 Å². The number of amides is 1. The van der Waals surface area contributed by atoms with Gasteiger partial charge in [0.15, 0.2) is 0 Å². The van der Waals surface area contributed by atoms with E-state index in [2.05, 4.69) is 5.32 Å². The number of ether oxygens (including phenoxy) is 2. The average Bonchev–Trinajstić information content (AvgIpc) is 2.78. The van der Waals surface area contributed by atoms with Gasteiger partial charge in [-0.25, -0.2) is 4.79 Å². The first kappa shape index (κ1) is 19.3. The van der Waals surface area contributed by atoms with Crippen molar-refractivity contribution in [3.8, 4) is 11.5 Å². The molecule has 3 aromatic carbocycles. The Morgan fingerprint density at radius 1 is 1.00 bits per heavy atom. The quantitative estimate of drug-likeness (QED) is 0.664. The Bertz CT molecular complexity index is 1110. The first-order valence-corrected chi connectivity index (χ1v) is 9.28. The Hall–Kier alpha value is -4.00.